The smallest absolute Gasteiger partial charge is 0.129 e. The number of benzene rings is 2. The Bertz CT molecular complexity index is 842. The molecule has 6 heteroatoms. The minimum atomic E-state index is -1.22. The van der Waals surface area contributed by atoms with Crippen LogP contribution in [-0.4, -0.2) is 68.3 Å². The summed E-state index contributed by atoms with van der Waals surface area (Å²) in [5, 5.41) is 13.3. The summed E-state index contributed by atoms with van der Waals surface area (Å²) in [7, 11) is 0. The summed E-state index contributed by atoms with van der Waals surface area (Å²) in [6.07, 6.45) is 4.97. The van der Waals surface area contributed by atoms with Crippen molar-refractivity contribution in [1.29, 1.82) is 0 Å². The van der Waals surface area contributed by atoms with E-state index in [1.54, 1.807) is 12.1 Å². The first-order valence-corrected chi connectivity index (χ1v) is 10.7. The Morgan fingerprint density at radius 2 is 1.45 bits per heavy atom. The van der Waals surface area contributed by atoms with Gasteiger partial charge in [0.2, 0.25) is 0 Å². The first-order chi connectivity index (χ1) is 14.2. The van der Waals surface area contributed by atoms with Gasteiger partial charge in [0.05, 0.1) is 5.97 Å². The molecule has 2 heterocycles. The second kappa shape index (κ2) is 9.46. The van der Waals surface area contributed by atoms with Crippen LogP contribution in [0.2, 0.25) is 0 Å². The molecule has 0 bridgehead atoms. The Hall–Kier alpha value is -2.31. The maximum Gasteiger partial charge on any atom is 0.129 e. The standard InChI is InChI=1S/C23H30N2O4/c26-23(27)20-16-18-6-5-7-21(28-14-12-24-8-1-2-9-24)19(18)17-22(20)29-15-13-25-10-3-4-11-25/h5-7,16-17H,1-4,8-15H2,(H,26,27)/p-1. The van der Waals surface area contributed by atoms with Crippen molar-refractivity contribution in [2.75, 3.05) is 52.5 Å². The summed E-state index contributed by atoms with van der Waals surface area (Å²) >= 11 is 0. The number of hydrogen-bond acceptors (Lipinski definition) is 6. The Labute approximate surface area is 172 Å². The van der Waals surface area contributed by atoms with Crippen molar-refractivity contribution in [2.45, 2.75) is 25.7 Å². The molecule has 4 rings (SSSR count). The Morgan fingerprint density at radius 3 is 2.03 bits per heavy atom. The molecule has 6 nitrogen and oxygen atoms in total. The topological polar surface area (TPSA) is 65.1 Å². The molecule has 0 amide bonds. The molecule has 2 aliphatic heterocycles. The second-order valence-electron chi connectivity index (χ2n) is 7.91. The summed E-state index contributed by atoms with van der Waals surface area (Å²) in [6.45, 7) is 7.25. The van der Waals surface area contributed by atoms with E-state index in [-0.39, 0.29) is 5.56 Å². The van der Waals surface area contributed by atoms with E-state index in [9.17, 15) is 9.90 Å². The van der Waals surface area contributed by atoms with Gasteiger partial charge in [-0.3, -0.25) is 9.80 Å². The molecule has 0 radical (unpaired) electrons. The molecule has 156 valence electrons. The molecule has 0 aromatic heterocycles. The first-order valence-electron chi connectivity index (χ1n) is 10.7. The van der Waals surface area contributed by atoms with Crippen molar-refractivity contribution in [3.05, 3.63) is 35.9 Å². The minimum absolute atomic E-state index is 0.0909. The van der Waals surface area contributed by atoms with Gasteiger partial charge in [-0.2, -0.15) is 0 Å². The zero-order valence-electron chi connectivity index (χ0n) is 16.9. The van der Waals surface area contributed by atoms with E-state index in [1.165, 1.54) is 25.7 Å². The molecule has 0 saturated carbocycles. The summed E-state index contributed by atoms with van der Waals surface area (Å²) in [6, 6.07) is 9.13. The summed E-state index contributed by atoms with van der Waals surface area (Å²) < 4.78 is 11.9. The number of carbonyl (C=O) groups is 1. The second-order valence-corrected chi connectivity index (χ2v) is 7.91. The van der Waals surface area contributed by atoms with Crippen molar-refractivity contribution in [2.24, 2.45) is 0 Å². The van der Waals surface area contributed by atoms with Crippen LogP contribution in [0.3, 0.4) is 0 Å². The zero-order valence-corrected chi connectivity index (χ0v) is 16.9. The first kappa shape index (κ1) is 20.0. The van der Waals surface area contributed by atoms with Gasteiger partial charge in [0, 0.05) is 24.0 Å². The van der Waals surface area contributed by atoms with Gasteiger partial charge in [-0.25, -0.2) is 0 Å². The third-order valence-corrected chi connectivity index (χ3v) is 5.89. The molecule has 2 fully saturated rings. The molecule has 0 N–H and O–H groups in total. The van der Waals surface area contributed by atoms with Crippen molar-refractivity contribution >= 4 is 16.7 Å². The SMILES string of the molecule is O=C([O-])c1cc2cccc(OCCN3CCCC3)c2cc1OCCN1CCCC1. The van der Waals surface area contributed by atoms with Crippen LogP contribution in [0.4, 0.5) is 0 Å². The monoisotopic (exact) mass is 397 g/mol. The lowest BCUT2D eigenvalue weighted by Gasteiger charge is -2.19. The normalized spacial score (nSPS) is 17.8. The molecule has 2 aromatic rings. The molecule has 29 heavy (non-hydrogen) atoms. The quantitative estimate of drug-likeness (QED) is 0.646. The highest BCUT2D eigenvalue weighted by atomic mass is 16.5. The van der Waals surface area contributed by atoms with Crippen LogP contribution < -0.4 is 14.6 Å². The van der Waals surface area contributed by atoms with Crippen LogP contribution in [0.1, 0.15) is 36.0 Å². The van der Waals surface area contributed by atoms with E-state index in [0.29, 0.717) is 19.0 Å². The molecule has 0 atom stereocenters. The molecule has 0 spiro atoms. The lowest BCUT2D eigenvalue weighted by molar-refractivity contribution is -0.255. The summed E-state index contributed by atoms with van der Waals surface area (Å²) in [4.78, 5) is 16.4. The average Bonchev–Trinajstić information content (AvgIpc) is 3.42. The van der Waals surface area contributed by atoms with E-state index >= 15 is 0 Å². The van der Waals surface area contributed by atoms with Gasteiger partial charge in [-0.05, 0) is 75.4 Å². The van der Waals surface area contributed by atoms with Crippen LogP contribution >= 0.6 is 0 Å². The van der Waals surface area contributed by atoms with E-state index in [1.807, 2.05) is 18.2 Å². The highest BCUT2D eigenvalue weighted by Crippen LogP contribution is 2.32. The number of likely N-dealkylation sites (tertiary alicyclic amines) is 2. The fourth-order valence-corrected chi connectivity index (χ4v) is 4.26. The number of aromatic carboxylic acids is 1. The number of ether oxygens (including phenoxy) is 2. The van der Waals surface area contributed by atoms with Gasteiger partial charge < -0.3 is 19.4 Å². The number of carboxylic acid groups (broad SMARTS) is 1. The number of carboxylic acids is 1. The minimum Gasteiger partial charge on any atom is -0.545 e. The van der Waals surface area contributed by atoms with Gasteiger partial charge >= 0.3 is 0 Å². The van der Waals surface area contributed by atoms with Crippen LogP contribution in [0.5, 0.6) is 11.5 Å². The zero-order chi connectivity index (χ0) is 20.1. The van der Waals surface area contributed by atoms with E-state index in [4.69, 9.17) is 9.47 Å². The molecular weight excluding hydrogens is 368 g/mol. The summed E-state index contributed by atoms with van der Waals surface area (Å²) in [5.74, 6) is -0.105. The van der Waals surface area contributed by atoms with E-state index in [2.05, 4.69) is 9.80 Å². The third-order valence-electron chi connectivity index (χ3n) is 5.89. The number of rotatable bonds is 9. The fraction of sp³-hybridized carbons (Fsp3) is 0.522. The maximum absolute atomic E-state index is 11.7. The molecule has 0 aliphatic carbocycles. The fourth-order valence-electron chi connectivity index (χ4n) is 4.26. The molecule has 2 saturated heterocycles. The maximum atomic E-state index is 11.7. The Balaban J connectivity index is 1.49. The van der Waals surface area contributed by atoms with Crippen LogP contribution in [-0.2, 0) is 0 Å². The van der Waals surface area contributed by atoms with Crippen molar-refractivity contribution in [1.82, 2.24) is 9.80 Å². The van der Waals surface area contributed by atoms with Gasteiger partial charge in [0.25, 0.3) is 0 Å². The van der Waals surface area contributed by atoms with Gasteiger partial charge in [-0.1, -0.05) is 12.1 Å². The third kappa shape index (κ3) is 5.00. The number of hydrogen-bond donors (Lipinski definition) is 0. The number of nitrogens with zero attached hydrogens (tertiary/aromatic N) is 2. The van der Waals surface area contributed by atoms with Crippen molar-refractivity contribution in [3.8, 4) is 11.5 Å². The Kier molecular flexibility index (Phi) is 6.52. The molecule has 0 unspecified atom stereocenters. The van der Waals surface area contributed by atoms with Crippen molar-refractivity contribution in [3.63, 3.8) is 0 Å². The highest BCUT2D eigenvalue weighted by Gasteiger charge is 2.15. The lowest BCUT2D eigenvalue weighted by atomic mass is 10.0. The molecule has 2 aromatic carbocycles. The Morgan fingerprint density at radius 1 is 0.862 bits per heavy atom. The highest BCUT2D eigenvalue weighted by molar-refractivity contribution is 5.98. The average molecular weight is 397 g/mol. The molecular formula is C23H29N2O4-. The number of carbonyl (C=O) groups excluding carboxylic acids is 1. The van der Waals surface area contributed by atoms with E-state index in [0.717, 1.165) is 55.8 Å². The molecule has 2 aliphatic rings. The van der Waals surface area contributed by atoms with Crippen LogP contribution in [0, 0.1) is 0 Å². The lowest BCUT2D eigenvalue weighted by Crippen LogP contribution is -2.27. The predicted octanol–water partition coefficient (Wildman–Crippen LogP) is 2.15. The number of fused-ring (bicyclic) bond motifs is 1. The predicted molar refractivity (Wildman–Crippen MR) is 111 cm³/mol. The van der Waals surface area contributed by atoms with Crippen LogP contribution in [0.15, 0.2) is 30.3 Å². The van der Waals surface area contributed by atoms with Gasteiger partial charge in [0.1, 0.15) is 24.7 Å². The van der Waals surface area contributed by atoms with Crippen molar-refractivity contribution < 1.29 is 19.4 Å². The summed E-state index contributed by atoms with van der Waals surface area (Å²) in [5.41, 5.74) is 0.0909. The van der Waals surface area contributed by atoms with Gasteiger partial charge in [-0.15, -0.1) is 0 Å². The van der Waals surface area contributed by atoms with Gasteiger partial charge in [0.15, 0.2) is 0 Å². The van der Waals surface area contributed by atoms with Crippen LogP contribution in [0.25, 0.3) is 10.8 Å². The largest absolute Gasteiger partial charge is 0.545 e. The van der Waals surface area contributed by atoms with E-state index < -0.39 is 5.97 Å².